The van der Waals surface area contributed by atoms with E-state index in [-0.39, 0.29) is 11.8 Å². The maximum atomic E-state index is 14.0. The lowest BCUT2D eigenvalue weighted by molar-refractivity contribution is 0.101. The number of hydrogen-bond acceptors (Lipinski definition) is 3. The average Bonchev–Trinajstić information content (AvgIpc) is 2.30. The number of Topliss-reactive ketones (excluding diaryl/α,β-unsaturated/α-hetero) is 1. The second-order valence-electron chi connectivity index (χ2n) is 4.39. The van der Waals surface area contributed by atoms with Gasteiger partial charge in [0.05, 0.1) is 18.2 Å². The summed E-state index contributed by atoms with van der Waals surface area (Å²) in [6, 6.07) is 6.54. The summed E-state index contributed by atoms with van der Waals surface area (Å²) in [5, 5.41) is 8.65. The third-order valence-corrected chi connectivity index (χ3v) is 2.74. The highest BCUT2D eigenvalue weighted by atomic mass is 19.1. The zero-order valence-electron chi connectivity index (χ0n) is 10.9. The van der Waals surface area contributed by atoms with Crippen molar-refractivity contribution in [2.45, 2.75) is 33.2 Å². The van der Waals surface area contributed by atoms with Crippen LogP contribution in [0.5, 0.6) is 0 Å². The minimum absolute atomic E-state index is 0.0216. The van der Waals surface area contributed by atoms with Gasteiger partial charge in [-0.05, 0) is 32.9 Å². The second-order valence-corrected chi connectivity index (χ2v) is 4.39. The minimum atomic E-state index is -0.422. The third kappa shape index (κ3) is 3.07. The molecule has 0 unspecified atom stereocenters. The van der Waals surface area contributed by atoms with Crippen molar-refractivity contribution < 1.29 is 9.18 Å². The molecule has 3 nitrogen and oxygen atoms in total. The fraction of sp³-hybridized carbons (Fsp3) is 0.429. The predicted octanol–water partition coefficient (Wildman–Crippen LogP) is 3.16. The fourth-order valence-electron chi connectivity index (χ4n) is 1.89. The summed E-state index contributed by atoms with van der Waals surface area (Å²) >= 11 is 0. The standard InChI is InChI=1S/C14H17FN2O/c1-10(2)17(9-5-8-16)14-12(11(3)18)6-4-7-13(14)15/h4,6-7,10H,5,9H2,1-3H3. The van der Waals surface area contributed by atoms with Crippen LogP contribution in [0.3, 0.4) is 0 Å². The number of hydrogen-bond donors (Lipinski definition) is 0. The molecule has 0 atom stereocenters. The number of benzene rings is 1. The Bertz CT molecular complexity index is 477. The number of carbonyl (C=O) groups excluding carboxylic acids is 1. The first kappa shape index (κ1) is 14.2. The molecule has 1 rings (SSSR count). The van der Waals surface area contributed by atoms with Crippen LogP contribution in [0.25, 0.3) is 0 Å². The molecule has 0 aliphatic carbocycles. The molecule has 0 aliphatic rings. The van der Waals surface area contributed by atoms with Crippen LogP contribution < -0.4 is 4.90 Å². The van der Waals surface area contributed by atoms with Crippen LogP contribution in [0, 0.1) is 17.1 Å². The first-order valence-corrected chi connectivity index (χ1v) is 5.92. The van der Waals surface area contributed by atoms with Crippen molar-refractivity contribution in [1.82, 2.24) is 0 Å². The minimum Gasteiger partial charge on any atom is -0.365 e. The van der Waals surface area contributed by atoms with E-state index in [1.54, 1.807) is 11.0 Å². The van der Waals surface area contributed by atoms with Crippen LogP contribution >= 0.6 is 0 Å². The smallest absolute Gasteiger partial charge is 0.161 e. The molecule has 18 heavy (non-hydrogen) atoms. The maximum Gasteiger partial charge on any atom is 0.161 e. The van der Waals surface area contributed by atoms with Crippen LogP contribution in [0.1, 0.15) is 37.6 Å². The number of rotatable bonds is 5. The molecule has 0 spiro atoms. The van der Waals surface area contributed by atoms with Crippen LogP contribution in [0.15, 0.2) is 18.2 Å². The van der Waals surface area contributed by atoms with Gasteiger partial charge in [-0.2, -0.15) is 5.26 Å². The number of nitrogens with zero attached hydrogens (tertiary/aromatic N) is 2. The summed E-state index contributed by atoms with van der Waals surface area (Å²) in [6.07, 6.45) is 0.295. The Morgan fingerprint density at radius 1 is 1.50 bits per heavy atom. The molecular formula is C14H17FN2O. The molecule has 0 radical (unpaired) electrons. The van der Waals surface area contributed by atoms with E-state index in [1.807, 2.05) is 19.9 Å². The maximum absolute atomic E-state index is 14.0. The lowest BCUT2D eigenvalue weighted by Crippen LogP contribution is -2.33. The SMILES string of the molecule is CC(=O)c1cccc(F)c1N(CCC#N)C(C)C. The van der Waals surface area contributed by atoms with Crippen molar-refractivity contribution in [2.75, 3.05) is 11.4 Å². The van der Waals surface area contributed by atoms with Crippen molar-refractivity contribution in [3.05, 3.63) is 29.6 Å². The zero-order chi connectivity index (χ0) is 13.7. The number of ketones is 1. The zero-order valence-corrected chi connectivity index (χ0v) is 10.9. The van der Waals surface area contributed by atoms with Crippen molar-refractivity contribution >= 4 is 11.5 Å². The third-order valence-electron chi connectivity index (χ3n) is 2.74. The van der Waals surface area contributed by atoms with Gasteiger partial charge in [0, 0.05) is 18.2 Å². The Kier molecular flexibility index (Phi) is 4.85. The van der Waals surface area contributed by atoms with Crippen molar-refractivity contribution in [3.8, 4) is 6.07 Å². The first-order chi connectivity index (χ1) is 8.49. The molecule has 1 aromatic carbocycles. The van der Waals surface area contributed by atoms with E-state index in [9.17, 15) is 9.18 Å². The molecule has 0 aromatic heterocycles. The highest BCUT2D eigenvalue weighted by Gasteiger charge is 2.20. The van der Waals surface area contributed by atoms with Crippen LogP contribution in [0.2, 0.25) is 0 Å². The summed E-state index contributed by atoms with van der Waals surface area (Å²) in [5.41, 5.74) is 0.664. The molecule has 0 bridgehead atoms. The Morgan fingerprint density at radius 3 is 2.67 bits per heavy atom. The number of nitriles is 1. The van der Waals surface area contributed by atoms with Crippen molar-refractivity contribution in [1.29, 1.82) is 5.26 Å². The van der Waals surface area contributed by atoms with Gasteiger partial charge < -0.3 is 4.90 Å². The van der Waals surface area contributed by atoms with Gasteiger partial charge in [0.25, 0.3) is 0 Å². The first-order valence-electron chi connectivity index (χ1n) is 5.92. The summed E-state index contributed by atoms with van der Waals surface area (Å²) in [4.78, 5) is 13.3. The van der Waals surface area contributed by atoms with Gasteiger partial charge in [0.2, 0.25) is 0 Å². The molecule has 0 fully saturated rings. The highest BCUT2D eigenvalue weighted by Crippen LogP contribution is 2.27. The number of anilines is 1. The second kappa shape index (κ2) is 6.15. The van der Waals surface area contributed by atoms with E-state index in [1.165, 1.54) is 19.1 Å². The highest BCUT2D eigenvalue weighted by molar-refractivity contribution is 5.99. The fourth-order valence-corrected chi connectivity index (χ4v) is 1.89. The predicted molar refractivity (Wildman–Crippen MR) is 69.1 cm³/mol. The lowest BCUT2D eigenvalue weighted by Gasteiger charge is -2.30. The van der Waals surface area contributed by atoms with Gasteiger partial charge in [-0.3, -0.25) is 4.79 Å². The molecule has 0 aliphatic heterocycles. The van der Waals surface area contributed by atoms with Crippen LogP contribution in [-0.2, 0) is 0 Å². The van der Waals surface area contributed by atoms with Crippen LogP contribution in [-0.4, -0.2) is 18.4 Å². The Morgan fingerprint density at radius 2 is 2.17 bits per heavy atom. The molecule has 0 saturated heterocycles. The molecular weight excluding hydrogens is 231 g/mol. The van der Waals surface area contributed by atoms with Gasteiger partial charge in [-0.15, -0.1) is 0 Å². The monoisotopic (exact) mass is 248 g/mol. The average molecular weight is 248 g/mol. The molecule has 0 heterocycles. The summed E-state index contributed by atoms with van der Waals surface area (Å²) < 4.78 is 14.0. The van der Waals surface area contributed by atoms with E-state index in [2.05, 4.69) is 0 Å². The Balaban J connectivity index is 3.26. The normalized spacial score (nSPS) is 10.2. The molecule has 4 heteroatoms. The topological polar surface area (TPSA) is 44.1 Å². The Hall–Kier alpha value is -1.89. The summed E-state index contributed by atoms with van der Waals surface area (Å²) in [5.74, 6) is -0.596. The largest absolute Gasteiger partial charge is 0.365 e. The van der Waals surface area contributed by atoms with Gasteiger partial charge in [0.15, 0.2) is 5.78 Å². The number of para-hydroxylation sites is 1. The molecule has 1 aromatic rings. The van der Waals surface area contributed by atoms with E-state index in [0.29, 0.717) is 24.2 Å². The van der Waals surface area contributed by atoms with E-state index >= 15 is 0 Å². The molecule has 0 amide bonds. The number of carbonyl (C=O) groups is 1. The lowest BCUT2D eigenvalue weighted by atomic mass is 10.1. The summed E-state index contributed by atoms with van der Waals surface area (Å²) in [6.45, 7) is 5.65. The van der Waals surface area contributed by atoms with Crippen molar-refractivity contribution in [3.63, 3.8) is 0 Å². The quantitative estimate of drug-likeness (QED) is 0.752. The van der Waals surface area contributed by atoms with E-state index in [0.717, 1.165) is 0 Å². The summed E-state index contributed by atoms with van der Waals surface area (Å²) in [7, 11) is 0. The number of halogens is 1. The van der Waals surface area contributed by atoms with Gasteiger partial charge in [0.1, 0.15) is 5.82 Å². The van der Waals surface area contributed by atoms with E-state index < -0.39 is 5.82 Å². The van der Waals surface area contributed by atoms with Gasteiger partial charge in [-0.25, -0.2) is 4.39 Å². The molecule has 96 valence electrons. The Labute approximate surface area is 107 Å². The van der Waals surface area contributed by atoms with Gasteiger partial charge >= 0.3 is 0 Å². The van der Waals surface area contributed by atoms with Crippen LogP contribution in [0.4, 0.5) is 10.1 Å². The van der Waals surface area contributed by atoms with Gasteiger partial charge in [-0.1, -0.05) is 6.07 Å². The molecule has 0 N–H and O–H groups in total. The van der Waals surface area contributed by atoms with Crippen molar-refractivity contribution in [2.24, 2.45) is 0 Å². The molecule has 0 saturated carbocycles. The van der Waals surface area contributed by atoms with E-state index in [4.69, 9.17) is 5.26 Å².